The minimum atomic E-state index is -0.615. The molecule has 1 aromatic rings. The lowest BCUT2D eigenvalue weighted by Gasteiger charge is -2.27. The van der Waals surface area contributed by atoms with Gasteiger partial charge in [0, 0.05) is 26.2 Å². The predicted octanol–water partition coefficient (Wildman–Crippen LogP) is -1.35. The highest BCUT2D eigenvalue weighted by Crippen LogP contribution is 2.10. The maximum absolute atomic E-state index is 11.3. The number of piperazine rings is 1. The smallest absolute Gasteiger partial charge is 0.376 e. The van der Waals surface area contributed by atoms with E-state index >= 15 is 0 Å². The van der Waals surface area contributed by atoms with E-state index < -0.39 is 5.97 Å². The van der Waals surface area contributed by atoms with Crippen LogP contribution in [0.1, 0.15) is 10.6 Å². The number of esters is 1. The van der Waals surface area contributed by atoms with Gasteiger partial charge in [0.15, 0.2) is 0 Å². The van der Waals surface area contributed by atoms with E-state index in [-0.39, 0.29) is 11.8 Å². The minimum Gasteiger partial charge on any atom is -0.463 e. The van der Waals surface area contributed by atoms with Gasteiger partial charge in [-0.1, -0.05) is 0 Å². The zero-order valence-electron chi connectivity index (χ0n) is 9.51. The number of hydrogen-bond donors (Lipinski definition) is 2. The van der Waals surface area contributed by atoms with Crippen LogP contribution < -0.4 is 16.0 Å². The Bertz CT molecular complexity index is 418. The number of ether oxygens (including phenoxy) is 1. The number of nitrogens with one attached hydrogen (secondary N) is 1. The van der Waals surface area contributed by atoms with Crippen LogP contribution in [0.5, 0.6) is 0 Å². The Morgan fingerprint density at radius 1 is 1.35 bits per heavy atom. The van der Waals surface area contributed by atoms with Gasteiger partial charge in [-0.3, -0.25) is 0 Å². The third-order valence-corrected chi connectivity index (χ3v) is 2.41. The first-order valence-electron chi connectivity index (χ1n) is 5.26. The van der Waals surface area contributed by atoms with Crippen LogP contribution >= 0.6 is 0 Å². The van der Waals surface area contributed by atoms with E-state index in [1.54, 1.807) is 0 Å². The lowest BCUT2D eigenvalue weighted by molar-refractivity contribution is 0.0586. The summed E-state index contributed by atoms with van der Waals surface area (Å²) in [6, 6.07) is 0. The number of nitrogens with zero attached hydrogens (tertiary/aromatic N) is 4. The van der Waals surface area contributed by atoms with Crippen LogP contribution in [0.4, 0.5) is 11.9 Å². The Labute approximate surface area is 98.2 Å². The molecule has 1 saturated heterocycles. The number of aromatic nitrogens is 3. The molecule has 0 spiro atoms. The molecule has 0 aliphatic carbocycles. The summed E-state index contributed by atoms with van der Waals surface area (Å²) < 4.78 is 4.56. The van der Waals surface area contributed by atoms with Gasteiger partial charge in [0.2, 0.25) is 17.7 Å². The van der Waals surface area contributed by atoms with Crippen LogP contribution in [0.3, 0.4) is 0 Å². The number of carbonyl (C=O) groups is 1. The van der Waals surface area contributed by atoms with Crippen LogP contribution in [0.25, 0.3) is 0 Å². The molecular weight excluding hydrogens is 224 g/mol. The fourth-order valence-corrected chi connectivity index (χ4v) is 1.57. The molecule has 0 bridgehead atoms. The summed E-state index contributed by atoms with van der Waals surface area (Å²) in [5.41, 5.74) is 5.55. The SMILES string of the molecule is COC(=O)c1nc(N)nc(N2CCNCC2)n1. The summed E-state index contributed by atoms with van der Waals surface area (Å²) in [5, 5.41) is 3.21. The van der Waals surface area contributed by atoms with Crippen molar-refractivity contribution >= 4 is 17.9 Å². The van der Waals surface area contributed by atoms with Gasteiger partial charge < -0.3 is 20.7 Å². The van der Waals surface area contributed by atoms with Gasteiger partial charge in [0.1, 0.15) is 0 Å². The summed E-state index contributed by atoms with van der Waals surface area (Å²) >= 11 is 0. The van der Waals surface area contributed by atoms with Gasteiger partial charge in [-0.2, -0.15) is 15.0 Å². The van der Waals surface area contributed by atoms with Gasteiger partial charge in [-0.05, 0) is 0 Å². The van der Waals surface area contributed by atoms with E-state index in [4.69, 9.17) is 5.73 Å². The first-order chi connectivity index (χ1) is 8.20. The quantitative estimate of drug-likeness (QED) is 0.609. The van der Waals surface area contributed by atoms with Crippen LogP contribution in [-0.4, -0.2) is 54.2 Å². The van der Waals surface area contributed by atoms with Crippen molar-refractivity contribution < 1.29 is 9.53 Å². The maximum Gasteiger partial charge on any atom is 0.376 e. The zero-order chi connectivity index (χ0) is 12.3. The molecule has 0 unspecified atom stereocenters. The first-order valence-corrected chi connectivity index (χ1v) is 5.26. The van der Waals surface area contributed by atoms with Crippen molar-refractivity contribution in [3.05, 3.63) is 5.82 Å². The monoisotopic (exact) mass is 238 g/mol. The standard InChI is InChI=1S/C9H14N6O2/c1-17-7(16)6-12-8(10)14-9(13-6)15-4-2-11-3-5-15/h11H,2-5H2,1H3,(H2,10,12,13,14). The normalized spacial score (nSPS) is 15.7. The average Bonchev–Trinajstić information content (AvgIpc) is 2.38. The number of hydrogen-bond acceptors (Lipinski definition) is 8. The molecule has 8 heteroatoms. The molecule has 1 aliphatic rings. The van der Waals surface area contributed by atoms with Crippen LogP contribution in [-0.2, 0) is 4.74 Å². The number of rotatable bonds is 2. The van der Waals surface area contributed by atoms with Gasteiger partial charge in [-0.15, -0.1) is 0 Å². The Kier molecular flexibility index (Phi) is 3.33. The molecule has 1 aliphatic heterocycles. The first kappa shape index (κ1) is 11.5. The lowest BCUT2D eigenvalue weighted by atomic mass is 10.4. The fraction of sp³-hybridized carbons (Fsp3) is 0.556. The minimum absolute atomic E-state index is 0.0222. The van der Waals surface area contributed by atoms with E-state index in [9.17, 15) is 4.79 Å². The van der Waals surface area contributed by atoms with E-state index in [1.807, 2.05) is 4.90 Å². The van der Waals surface area contributed by atoms with Crippen molar-refractivity contribution in [2.75, 3.05) is 43.9 Å². The molecule has 92 valence electrons. The molecular formula is C9H14N6O2. The predicted molar refractivity (Wildman–Crippen MR) is 60.7 cm³/mol. The molecule has 0 radical (unpaired) electrons. The Morgan fingerprint density at radius 2 is 2.06 bits per heavy atom. The van der Waals surface area contributed by atoms with E-state index in [1.165, 1.54) is 7.11 Å². The van der Waals surface area contributed by atoms with Crippen molar-refractivity contribution in [3.63, 3.8) is 0 Å². The Balaban J connectivity index is 2.27. The summed E-state index contributed by atoms with van der Waals surface area (Å²) in [4.78, 5) is 25.1. The number of nitrogen functional groups attached to an aromatic ring is 1. The van der Waals surface area contributed by atoms with Crippen molar-refractivity contribution in [1.29, 1.82) is 0 Å². The number of nitrogens with two attached hydrogens (primary N) is 1. The Hall–Kier alpha value is -1.96. The maximum atomic E-state index is 11.3. The zero-order valence-corrected chi connectivity index (χ0v) is 9.51. The van der Waals surface area contributed by atoms with Crippen molar-refractivity contribution in [3.8, 4) is 0 Å². The molecule has 17 heavy (non-hydrogen) atoms. The van der Waals surface area contributed by atoms with E-state index in [0.29, 0.717) is 5.95 Å². The van der Waals surface area contributed by atoms with E-state index in [2.05, 4.69) is 25.0 Å². The number of anilines is 2. The van der Waals surface area contributed by atoms with Crippen molar-refractivity contribution in [1.82, 2.24) is 20.3 Å². The van der Waals surface area contributed by atoms with Gasteiger partial charge >= 0.3 is 5.97 Å². The molecule has 3 N–H and O–H groups in total. The Morgan fingerprint density at radius 3 is 2.71 bits per heavy atom. The van der Waals surface area contributed by atoms with Gasteiger partial charge in [0.05, 0.1) is 7.11 Å². The third-order valence-electron chi connectivity index (χ3n) is 2.41. The largest absolute Gasteiger partial charge is 0.463 e. The molecule has 1 fully saturated rings. The topological polar surface area (TPSA) is 106 Å². The highest BCUT2D eigenvalue weighted by atomic mass is 16.5. The summed E-state index contributed by atoms with van der Waals surface area (Å²) in [5.74, 6) is -0.239. The fourth-order valence-electron chi connectivity index (χ4n) is 1.57. The van der Waals surface area contributed by atoms with Crippen LogP contribution in [0, 0.1) is 0 Å². The highest BCUT2D eigenvalue weighted by Gasteiger charge is 2.18. The molecule has 0 saturated carbocycles. The molecule has 0 amide bonds. The number of carbonyl (C=O) groups excluding carboxylic acids is 1. The summed E-state index contributed by atoms with van der Waals surface area (Å²) in [7, 11) is 1.27. The summed E-state index contributed by atoms with van der Waals surface area (Å²) in [6.45, 7) is 3.23. The van der Waals surface area contributed by atoms with Gasteiger partial charge in [-0.25, -0.2) is 4.79 Å². The average molecular weight is 238 g/mol. The highest BCUT2D eigenvalue weighted by molar-refractivity contribution is 5.85. The molecule has 1 aromatic heterocycles. The molecule has 2 rings (SSSR count). The second-order valence-corrected chi connectivity index (χ2v) is 3.55. The second kappa shape index (κ2) is 4.91. The van der Waals surface area contributed by atoms with E-state index in [0.717, 1.165) is 26.2 Å². The summed E-state index contributed by atoms with van der Waals surface area (Å²) in [6.07, 6.45) is 0. The lowest BCUT2D eigenvalue weighted by Crippen LogP contribution is -2.44. The molecule has 2 heterocycles. The molecule has 0 atom stereocenters. The van der Waals surface area contributed by atoms with Crippen LogP contribution in [0.15, 0.2) is 0 Å². The van der Waals surface area contributed by atoms with Crippen LogP contribution in [0.2, 0.25) is 0 Å². The second-order valence-electron chi connectivity index (χ2n) is 3.55. The van der Waals surface area contributed by atoms with Crippen molar-refractivity contribution in [2.45, 2.75) is 0 Å². The number of methoxy groups -OCH3 is 1. The molecule has 8 nitrogen and oxygen atoms in total. The van der Waals surface area contributed by atoms with Gasteiger partial charge in [0.25, 0.3) is 0 Å². The third kappa shape index (κ3) is 2.59. The van der Waals surface area contributed by atoms with Crippen molar-refractivity contribution in [2.24, 2.45) is 0 Å². The molecule has 0 aromatic carbocycles.